The number of alkyl halides is 4. The molecule has 19 nitrogen and oxygen atoms in total. The monoisotopic (exact) mass is 1570 g/mol. The van der Waals surface area contributed by atoms with E-state index in [0.717, 1.165) is 122 Å². The smallest absolute Gasteiger partial charge is 1.00 e. The number of nitriles is 3. The summed E-state index contributed by atoms with van der Waals surface area (Å²) in [4.78, 5) is 52.5. The third kappa shape index (κ3) is 17.1. The molecule has 13 aliphatic rings. The molecule has 1 unspecified atom stereocenters. The molecular formula is C80H111BrF3K2N9O10. The van der Waals surface area contributed by atoms with Crippen LogP contribution in [0.4, 0.5) is 13.2 Å². The van der Waals surface area contributed by atoms with Gasteiger partial charge < -0.3 is 31.6 Å². The van der Waals surface area contributed by atoms with Crippen molar-refractivity contribution in [1.82, 2.24) is 29.8 Å². The predicted molar refractivity (Wildman–Crippen MR) is 377 cm³/mol. The molecule has 25 atom stereocenters. The Morgan fingerprint density at radius 2 is 0.933 bits per heavy atom. The van der Waals surface area contributed by atoms with Gasteiger partial charge in [0.25, 0.3) is 0 Å². The largest absolute Gasteiger partial charge is 1.00 e. The van der Waals surface area contributed by atoms with Gasteiger partial charge in [0, 0.05) is 36.8 Å². The molecule has 25 heteroatoms. The van der Waals surface area contributed by atoms with E-state index in [-0.39, 0.29) is 198 Å². The van der Waals surface area contributed by atoms with Gasteiger partial charge in [0.1, 0.15) is 46.7 Å². The number of nitrogens with one attached hydrogen (secondary N) is 1. The van der Waals surface area contributed by atoms with Crippen molar-refractivity contribution in [3.05, 3.63) is 53.9 Å². The van der Waals surface area contributed by atoms with Gasteiger partial charge in [-0.1, -0.05) is 36.7 Å². The first-order valence-electron chi connectivity index (χ1n) is 38.9. The molecule has 3 aromatic heterocycles. The number of H-pyrrole nitrogens is 1. The third-order valence-electron chi connectivity index (χ3n) is 30.3. The number of carbonyl (C=O) groups excluding carboxylic acids is 4. The zero-order chi connectivity index (χ0) is 73.9. The van der Waals surface area contributed by atoms with Crippen LogP contribution in [0.2, 0.25) is 0 Å². The molecule has 12 aliphatic carbocycles. The van der Waals surface area contributed by atoms with Crippen LogP contribution in [-0.4, -0.2) is 120 Å². The van der Waals surface area contributed by atoms with E-state index >= 15 is 13.2 Å². The van der Waals surface area contributed by atoms with Crippen LogP contribution in [0, 0.1) is 139 Å². The number of carbonyl (C=O) groups is 4. The van der Waals surface area contributed by atoms with Gasteiger partial charge in [0.15, 0.2) is 29.1 Å². The van der Waals surface area contributed by atoms with E-state index in [1.54, 1.807) is 46.2 Å². The van der Waals surface area contributed by atoms with Gasteiger partial charge in [0.05, 0.1) is 41.4 Å². The van der Waals surface area contributed by atoms with Crippen molar-refractivity contribution in [2.24, 2.45) is 105 Å². The Morgan fingerprint density at radius 1 is 0.552 bits per heavy atom. The van der Waals surface area contributed by atoms with E-state index in [0.29, 0.717) is 135 Å². The summed E-state index contributed by atoms with van der Waals surface area (Å²) in [7, 11) is 0. The van der Waals surface area contributed by atoms with Crippen molar-refractivity contribution in [1.29, 1.82) is 15.8 Å². The van der Waals surface area contributed by atoms with Gasteiger partial charge in [-0.15, -0.1) is 0 Å². The first-order valence-corrected chi connectivity index (χ1v) is 40.0. The Balaban J connectivity index is 0.000000164. The second kappa shape index (κ2) is 33.9. The summed E-state index contributed by atoms with van der Waals surface area (Å²) in [6.07, 6.45) is 27.9. The predicted octanol–water partition coefficient (Wildman–Crippen LogP) is 7.32. The summed E-state index contributed by atoms with van der Waals surface area (Å²) in [5.41, 5.74) is -4.37. The summed E-state index contributed by atoms with van der Waals surface area (Å²) in [6.45, 7) is 13.5. The summed E-state index contributed by atoms with van der Waals surface area (Å²) in [6, 6.07) is 10.8. The number of aromatic amines is 1. The Bertz CT molecular complexity index is 3550. The maximum absolute atomic E-state index is 16.4. The fourth-order valence-corrected chi connectivity index (χ4v) is 25.7. The molecule has 4 N–H and O–H groups in total. The molecule has 12 saturated carbocycles. The Morgan fingerprint density at radius 3 is 1.23 bits per heavy atom. The molecular weight excluding hydrogens is 1460 g/mol. The van der Waals surface area contributed by atoms with Gasteiger partial charge in [-0.25, -0.2) is 18.0 Å². The number of rotatable bonds is 9. The molecule has 0 amide bonds. The first-order chi connectivity index (χ1) is 48.8. The minimum atomic E-state index is -1.14. The normalized spacial score (nSPS) is 43.3. The van der Waals surface area contributed by atoms with E-state index in [4.69, 9.17) is 20.5 Å². The number of Topliss-reactive ketones (excluding diaryl/α,β-unsaturated/α-hetero) is 3. The van der Waals surface area contributed by atoms with Crippen molar-refractivity contribution >= 4 is 39.2 Å². The van der Waals surface area contributed by atoms with Crippen LogP contribution in [0.1, 0.15) is 246 Å². The van der Waals surface area contributed by atoms with Crippen molar-refractivity contribution in [3.63, 3.8) is 0 Å². The van der Waals surface area contributed by atoms with Gasteiger partial charge in [0.2, 0.25) is 0 Å². The van der Waals surface area contributed by atoms with Crippen LogP contribution in [-0.2, 0) is 41.9 Å². The number of halogens is 4. The number of hydrogen-bond acceptors (Lipinski definition) is 16. The molecule has 105 heavy (non-hydrogen) atoms. The number of nitrogens with zero attached hydrogens (tertiary/aromatic N) is 8. The fraction of sp³-hybridized carbons (Fsp3) is 0.800. The zero-order valence-corrected chi connectivity index (χ0v) is 71.2. The van der Waals surface area contributed by atoms with E-state index in [9.17, 15) is 39.8 Å². The third-order valence-corrected chi connectivity index (χ3v) is 30.8. The topological polar surface area (TPSA) is 306 Å². The van der Waals surface area contributed by atoms with Crippen LogP contribution in [0.25, 0.3) is 0 Å². The Kier molecular flexibility index (Phi) is 27.6. The second-order valence-corrected chi connectivity index (χ2v) is 36.5. The first kappa shape index (κ1) is 85.4. The quantitative estimate of drug-likeness (QED) is 0.0706. The van der Waals surface area contributed by atoms with Crippen LogP contribution in [0.5, 0.6) is 0 Å². The van der Waals surface area contributed by atoms with Gasteiger partial charge in [-0.2, -0.15) is 31.1 Å². The molecule has 0 radical (unpaired) electrons. The molecule has 0 bridgehead atoms. The zero-order valence-electron chi connectivity index (χ0n) is 64.3. The van der Waals surface area contributed by atoms with Gasteiger partial charge in [-0.05, 0) is 312 Å². The van der Waals surface area contributed by atoms with Crippen LogP contribution < -0.4 is 108 Å². The van der Waals surface area contributed by atoms with E-state index in [2.05, 4.69) is 62.0 Å². The Labute approximate surface area is 713 Å². The van der Waals surface area contributed by atoms with Crippen molar-refractivity contribution < 1.29 is 167 Å². The number of ketones is 3. The summed E-state index contributed by atoms with van der Waals surface area (Å²) >= 11 is 3.37. The van der Waals surface area contributed by atoms with Crippen LogP contribution in [0.15, 0.2) is 36.8 Å². The van der Waals surface area contributed by atoms with Crippen molar-refractivity contribution in [2.75, 3.05) is 11.9 Å². The van der Waals surface area contributed by atoms with Crippen LogP contribution >= 0.6 is 15.9 Å². The molecule has 1 aliphatic heterocycles. The standard InChI is InChI=1S/2C25H34FN3O2.C21H32BrFO2.C5H8O4.C4H3N3.2K.H/c2*1-23(31)10-11-25(26)16(13-23)3-4-18-19-5-6-21(24(19,2)9-7-20(18)25)22(30)15-29-12-8-17(14-27)28-29;1-19(25)9-10-21(23)13(11-19)3-4-14-15-5-6-17(18(24)12-22)20(15,2)8-7-16(14)21;6-5(9-7)4-2-1-3-8-4;5-3-4-1-2-6-7-4;;;/h2*8,12,16,18-21,31H,3-7,9-11,13,15H2,1-2H3;13-17,25H,3-12H2,1-2H3;4,7H,1-3H2;1-2H,(H,6,7);;;/q;;;;;2*+1;-1/p-1/t16-,18+,19+,20+,21+,23-,24+,25-;16-,18+,19+,20+,21-,23-,24+,25-;13-,14+,15+,16+,17-,19-,20+,21-;;;;;/m111...../s1. The average Bonchev–Trinajstić information content (AvgIpc) is 1.47. The summed E-state index contributed by atoms with van der Waals surface area (Å²) < 4.78 is 57.1. The SMILES string of the molecule is C[C@@]1(O)CC[C@@]2(F)[C@H](CC[C@H]3[C@@H]4CC[C@@H](C(=O)Cn5ccc(C#N)n5)[C@@]4(C)CC[C@@H]32)C1.C[C@@]1(O)CC[C@@]2(F)[C@H](CC[C@H]3[C@@H]4CC[C@H](C(=O)CBr)[C@@]4(C)CC[C@@H]32)C1.C[C@@]1(O)CC[C@@]2(F)[C@H](CC[C@H]3[C@@H]4CC[C@H](C(=O)Cn5ccc(C#N)n5)[C@@]4(C)CC[C@@H]32)C1.N#Cc1ccn[nH]1.O=C(O[O-])C1CCCO1.[H-].[K+].[K+]. The number of aliphatic hydroxyl groups is 3. The fourth-order valence-electron chi connectivity index (χ4n) is 25.3. The minimum Gasteiger partial charge on any atom is -1.00 e. The molecule has 1 saturated heterocycles. The van der Waals surface area contributed by atoms with Crippen molar-refractivity contribution in [2.45, 2.75) is 281 Å². The molecule has 4 heterocycles. The number of ether oxygens (including phenoxy) is 1. The molecule has 3 aromatic rings. The van der Waals surface area contributed by atoms with Crippen LogP contribution in [0.3, 0.4) is 0 Å². The average molecular weight is 1570 g/mol. The van der Waals surface area contributed by atoms with Gasteiger partial charge >= 0.3 is 109 Å². The summed E-state index contributed by atoms with van der Waals surface area (Å²) in [5.74, 6) is 2.89. The van der Waals surface area contributed by atoms with E-state index in [1.165, 1.54) is 0 Å². The minimum absolute atomic E-state index is 0. The Hall–Kier alpha value is -2.08. The maximum atomic E-state index is 16.4. The second-order valence-electron chi connectivity index (χ2n) is 35.9. The van der Waals surface area contributed by atoms with Gasteiger partial charge in [-0.3, -0.25) is 28.8 Å². The molecule has 566 valence electrons. The van der Waals surface area contributed by atoms with E-state index in [1.807, 2.05) is 39.0 Å². The number of hydrogen-bond donors (Lipinski definition) is 4. The number of aromatic nitrogens is 6. The summed E-state index contributed by atoms with van der Waals surface area (Å²) in [5, 5.41) is 81.8. The molecule has 0 spiro atoms. The number of fused-ring (bicyclic) bond motifs is 15. The molecule has 0 aromatic carbocycles. The van der Waals surface area contributed by atoms with Crippen molar-refractivity contribution in [3.8, 4) is 18.2 Å². The molecule has 16 rings (SSSR count). The maximum Gasteiger partial charge on any atom is 1.00 e. The molecule has 13 fully saturated rings. The van der Waals surface area contributed by atoms with E-state index < -0.39 is 45.9 Å².